The minimum absolute atomic E-state index is 0.120. The number of rotatable bonds is 3. The Morgan fingerprint density at radius 2 is 2.24 bits per heavy atom. The highest BCUT2D eigenvalue weighted by atomic mass is 32.2. The van der Waals surface area contributed by atoms with E-state index in [9.17, 15) is 13.6 Å². The molecule has 6 nitrogen and oxygen atoms in total. The molecule has 0 amide bonds. The fourth-order valence-electron chi connectivity index (χ4n) is 1.36. The van der Waals surface area contributed by atoms with Gasteiger partial charge in [-0.25, -0.2) is 18.5 Å². The van der Waals surface area contributed by atoms with E-state index in [-0.39, 0.29) is 4.34 Å². The molecule has 3 N–H and O–H groups in total. The maximum atomic E-state index is 11.1. The van der Waals surface area contributed by atoms with Gasteiger partial charge in [0.15, 0.2) is 0 Å². The summed E-state index contributed by atoms with van der Waals surface area (Å²) in [7, 11) is -3.77. The van der Waals surface area contributed by atoms with E-state index in [4.69, 9.17) is 5.14 Å². The van der Waals surface area contributed by atoms with Crippen molar-refractivity contribution in [3.8, 4) is 0 Å². The molecule has 0 radical (unpaired) electrons. The first-order valence-corrected chi connectivity index (χ1v) is 7.18. The highest BCUT2D eigenvalue weighted by Gasteiger charge is 2.15. The molecular formula is C9H11N3O3S2. The summed E-state index contributed by atoms with van der Waals surface area (Å²) >= 11 is 0.984. The summed E-state index contributed by atoms with van der Waals surface area (Å²) in [6, 6.07) is 4.98. The summed E-state index contributed by atoms with van der Waals surface area (Å²) in [5, 5.41) is 15.6. The zero-order valence-corrected chi connectivity index (χ0v) is 10.6. The topological polar surface area (TPSA) is 96.5 Å². The molecule has 8 heteroatoms. The number of hydrogen-bond acceptors (Lipinski definition) is 6. The Bertz CT molecular complexity index is 651. The van der Waals surface area contributed by atoms with Crippen LogP contribution in [0.25, 0.3) is 10.2 Å². The second-order valence-corrected chi connectivity index (χ2v) is 6.16. The lowest BCUT2D eigenvalue weighted by Gasteiger charge is -2.13. The molecule has 1 aromatic heterocycles. The summed E-state index contributed by atoms with van der Waals surface area (Å²) in [5.74, 6) is 0. The van der Waals surface area contributed by atoms with E-state index in [0.717, 1.165) is 16.4 Å². The molecule has 1 aromatic carbocycles. The van der Waals surface area contributed by atoms with E-state index in [1.807, 2.05) is 0 Å². The molecule has 1 heterocycles. The maximum absolute atomic E-state index is 11.1. The van der Waals surface area contributed by atoms with Crippen LogP contribution in [-0.4, -0.2) is 25.2 Å². The number of hydroxylamine groups is 1. The molecule has 0 unspecified atom stereocenters. The molecule has 0 spiro atoms. The summed E-state index contributed by atoms with van der Waals surface area (Å²) in [5.41, 5.74) is 1.14. The predicted molar refractivity (Wildman–Crippen MR) is 65.8 cm³/mol. The van der Waals surface area contributed by atoms with E-state index < -0.39 is 10.0 Å². The van der Waals surface area contributed by atoms with Crippen LogP contribution in [0.15, 0.2) is 22.5 Å². The molecule has 0 fully saturated rings. The number of benzene rings is 1. The number of anilines is 1. The number of thiazole rings is 1. The third kappa shape index (κ3) is 2.39. The van der Waals surface area contributed by atoms with Gasteiger partial charge >= 0.3 is 0 Å². The lowest BCUT2D eigenvalue weighted by Crippen LogP contribution is -2.16. The van der Waals surface area contributed by atoms with Crippen LogP contribution < -0.4 is 10.2 Å². The quantitative estimate of drug-likeness (QED) is 0.818. The second-order valence-electron chi connectivity index (χ2n) is 3.39. The molecule has 0 saturated heterocycles. The zero-order valence-electron chi connectivity index (χ0n) is 8.99. The van der Waals surface area contributed by atoms with Gasteiger partial charge in [-0.1, -0.05) is 0 Å². The Morgan fingerprint density at radius 3 is 2.82 bits per heavy atom. The number of hydrogen-bond donors (Lipinski definition) is 2. The smallest absolute Gasteiger partial charge is 0.265 e. The normalized spacial score (nSPS) is 11.9. The van der Waals surface area contributed by atoms with Crippen LogP contribution in [-0.2, 0) is 10.0 Å². The molecule has 0 bridgehead atoms. The van der Waals surface area contributed by atoms with Gasteiger partial charge in [0.1, 0.15) is 0 Å². The van der Waals surface area contributed by atoms with Crippen molar-refractivity contribution >= 4 is 37.3 Å². The molecule has 0 aliphatic carbocycles. The number of nitrogens with two attached hydrogens (primary N) is 1. The standard InChI is InChI=1S/C9H11N3O3S2/c1-2-12(13)6-3-4-7-8(5-6)16-9(11-7)17(10,14)15/h3-5,13H,2H2,1H3,(H2,10,14,15). The summed E-state index contributed by atoms with van der Waals surface area (Å²) in [4.78, 5) is 3.92. The van der Waals surface area contributed by atoms with Crippen LogP contribution in [0, 0.1) is 0 Å². The Morgan fingerprint density at radius 1 is 1.53 bits per heavy atom. The number of sulfonamides is 1. The van der Waals surface area contributed by atoms with E-state index in [1.165, 1.54) is 0 Å². The van der Waals surface area contributed by atoms with Gasteiger partial charge in [0.25, 0.3) is 10.0 Å². The lowest BCUT2D eigenvalue weighted by molar-refractivity contribution is 0.260. The summed E-state index contributed by atoms with van der Waals surface area (Å²) in [6.07, 6.45) is 0. The minimum atomic E-state index is -3.77. The molecule has 2 aromatic rings. The Hall–Kier alpha value is -1.22. The molecule has 0 aliphatic rings. The molecule has 0 atom stereocenters. The van der Waals surface area contributed by atoms with Gasteiger partial charge < -0.3 is 0 Å². The average Bonchev–Trinajstić information content (AvgIpc) is 2.70. The second kappa shape index (κ2) is 4.22. The van der Waals surface area contributed by atoms with Crippen LogP contribution in [0.5, 0.6) is 0 Å². The number of primary sulfonamides is 1. The van der Waals surface area contributed by atoms with E-state index in [2.05, 4.69) is 4.98 Å². The predicted octanol–water partition coefficient (Wildman–Crippen LogP) is 1.16. The van der Waals surface area contributed by atoms with Gasteiger partial charge in [0.2, 0.25) is 4.34 Å². The molecule has 92 valence electrons. The van der Waals surface area contributed by atoms with Crippen molar-refractivity contribution in [1.29, 1.82) is 0 Å². The van der Waals surface area contributed by atoms with Crippen LogP contribution in [0.3, 0.4) is 0 Å². The third-order valence-corrected chi connectivity index (χ3v) is 4.53. The molecule has 0 saturated carbocycles. The minimum Gasteiger partial charge on any atom is -0.288 e. The molecule has 2 rings (SSSR count). The summed E-state index contributed by atoms with van der Waals surface area (Å²) in [6.45, 7) is 2.24. The average molecular weight is 273 g/mol. The fourth-order valence-corrected chi connectivity index (χ4v) is 3.05. The lowest BCUT2D eigenvalue weighted by atomic mass is 10.3. The zero-order chi connectivity index (χ0) is 12.6. The van der Waals surface area contributed by atoms with E-state index in [0.29, 0.717) is 22.4 Å². The first kappa shape index (κ1) is 12.2. The number of fused-ring (bicyclic) bond motifs is 1. The van der Waals surface area contributed by atoms with Crippen molar-refractivity contribution in [2.75, 3.05) is 11.6 Å². The van der Waals surface area contributed by atoms with Gasteiger partial charge in [-0.15, -0.1) is 11.3 Å². The Balaban J connectivity index is 2.56. The fraction of sp³-hybridized carbons (Fsp3) is 0.222. The van der Waals surface area contributed by atoms with Crippen LogP contribution >= 0.6 is 11.3 Å². The largest absolute Gasteiger partial charge is 0.288 e. The first-order chi connectivity index (χ1) is 7.91. The van der Waals surface area contributed by atoms with Crippen molar-refractivity contribution in [3.63, 3.8) is 0 Å². The summed E-state index contributed by atoms with van der Waals surface area (Å²) < 4.78 is 22.8. The SMILES string of the molecule is CCN(O)c1ccc2nc(S(N)(=O)=O)sc2c1. The monoisotopic (exact) mass is 273 g/mol. The van der Waals surface area contributed by atoms with Gasteiger partial charge in [-0.2, -0.15) is 0 Å². The first-order valence-electron chi connectivity index (χ1n) is 4.81. The highest BCUT2D eigenvalue weighted by Crippen LogP contribution is 2.28. The van der Waals surface area contributed by atoms with Gasteiger partial charge in [0.05, 0.1) is 15.9 Å². The highest BCUT2D eigenvalue weighted by molar-refractivity contribution is 7.91. The van der Waals surface area contributed by atoms with Gasteiger partial charge in [-0.05, 0) is 25.1 Å². The number of nitrogens with zero attached hydrogens (tertiary/aromatic N) is 2. The number of aromatic nitrogens is 1. The van der Waals surface area contributed by atoms with E-state index in [1.54, 1.807) is 25.1 Å². The van der Waals surface area contributed by atoms with Crippen LogP contribution in [0.2, 0.25) is 0 Å². The Labute approximate surface area is 102 Å². The van der Waals surface area contributed by atoms with E-state index >= 15 is 0 Å². The molecule has 0 aliphatic heterocycles. The van der Waals surface area contributed by atoms with Crippen molar-refractivity contribution in [2.24, 2.45) is 5.14 Å². The molecular weight excluding hydrogens is 262 g/mol. The van der Waals surface area contributed by atoms with Crippen molar-refractivity contribution in [1.82, 2.24) is 4.98 Å². The van der Waals surface area contributed by atoms with Crippen molar-refractivity contribution < 1.29 is 13.6 Å². The Kier molecular flexibility index (Phi) is 3.04. The maximum Gasteiger partial charge on any atom is 0.265 e. The van der Waals surface area contributed by atoms with Crippen LogP contribution in [0.1, 0.15) is 6.92 Å². The van der Waals surface area contributed by atoms with Crippen LogP contribution in [0.4, 0.5) is 5.69 Å². The third-order valence-electron chi connectivity index (χ3n) is 2.19. The molecule has 17 heavy (non-hydrogen) atoms. The van der Waals surface area contributed by atoms with Gasteiger partial charge in [-0.3, -0.25) is 10.3 Å². The van der Waals surface area contributed by atoms with Gasteiger partial charge in [0, 0.05) is 6.54 Å². The van der Waals surface area contributed by atoms with Crippen molar-refractivity contribution in [3.05, 3.63) is 18.2 Å². The van der Waals surface area contributed by atoms with Crippen molar-refractivity contribution in [2.45, 2.75) is 11.3 Å².